The molecule has 2 aliphatic rings. The third kappa shape index (κ3) is 5.23. The minimum Gasteiger partial charge on any atom is -0.457 e. The number of fused-ring (bicyclic) bond motifs is 2. The monoisotopic (exact) mass is 571 g/mol. The van der Waals surface area contributed by atoms with Crippen molar-refractivity contribution in [2.24, 2.45) is 5.73 Å². The largest absolute Gasteiger partial charge is 0.457 e. The van der Waals surface area contributed by atoms with E-state index in [4.69, 9.17) is 21.3 Å². The van der Waals surface area contributed by atoms with Gasteiger partial charge >= 0.3 is 0 Å². The number of ether oxygens (including phenoxy) is 1. The zero-order valence-corrected chi connectivity index (χ0v) is 23.8. The van der Waals surface area contributed by atoms with E-state index in [-0.39, 0.29) is 11.9 Å². The third-order valence-electron chi connectivity index (χ3n) is 8.37. The van der Waals surface area contributed by atoms with Gasteiger partial charge in [-0.25, -0.2) is 14.6 Å². The number of nitrogens with two attached hydrogens (primary N) is 2. The molecule has 2 atom stereocenters. The van der Waals surface area contributed by atoms with Crippen LogP contribution in [0.5, 0.6) is 11.5 Å². The van der Waals surface area contributed by atoms with Crippen molar-refractivity contribution in [2.45, 2.75) is 37.8 Å². The Bertz CT molecular complexity index is 1810. The average Bonchev–Trinajstić information content (AvgIpc) is 3.64. The van der Waals surface area contributed by atoms with Gasteiger partial charge in [-0.3, -0.25) is 4.79 Å². The SMILES string of the molecule is Nc1ncnc2c1c(-c1ccc(Oc3ccccc3)cc1)nn2[C@@H]1CCCN(C(=O)[C@@H](N)CC2=CCc3ccccc32)C1. The number of aromatic nitrogens is 4. The van der Waals surface area contributed by atoms with Gasteiger partial charge in [0, 0.05) is 18.7 Å². The average molecular weight is 572 g/mol. The van der Waals surface area contributed by atoms with Crippen LogP contribution >= 0.6 is 0 Å². The fourth-order valence-corrected chi connectivity index (χ4v) is 6.22. The molecule has 3 heterocycles. The van der Waals surface area contributed by atoms with Crippen molar-refractivity contribution in [3.63, 3.8) is 0 Å². The summed E-state index contributed by atoms with van der Waals surface area (Å²) >= 11 is 0. The molecule has 2 aromatic heterocycles. The van der Waals surface area contributed by atoms with E-state index in [2.05, 4.69) is 28.2 Å². The van der Waals surface area contributed by atoms with E-state index in [1.807, 2.05) is 76.3 Å². The maximum atomic E-state index is 13.6. The minimum absolute atomic E-state index is 0.0326. The second-order valence-electron chi connectivity index (χ2n) is 11.2. The lowest BCUT2D eigenvalue weighted by Gasteiger charge is -2.34. The lowest BCUT2D eigenvalue weighted by Crippen LogP contribution is -2.48. The number of amides is 1. The quantitative estimate of drug-likeness (QED) is 0.268. The zero-order chi connectivity index (χ0) is 29.3. The van der Waals surface area contributed by atoms with Crippen LogP contribution in [0.1, 0.15) is 36.4 Å². The number of rotatable bonds is 7. The lowest BCUT2D eigenvalue weighted by atomic mass is 9.98. The summed E-state index contributed by atoms with van der Waals surface area (Å²) in [6, 6.07) is 25.1. The van der Waals surface area contributed by atoms with Crippen molar-refractivity contribution < 1.29 is 9.53 Å². The van der Waals surface area contributed by atoms with E-state index in [0.717, 1.165) is 41.9 Å². The van der Waals surface area contributed by atoms with Crippen LogP contribution < -0.4 is 16.2 Å². The topological polar surface area (TPSA) is 125 Å². The normalized spacial score (nSPS) is 17.0. The molecule has 216 valence electrons. The van der Waals surface area contributed by atoms with Gasteiger partial charge in [0.1, 0.15) is 29.3 Å². The Kier molecular flexibility index (Phi) is 7.08. The Morgan fingerprint density at radius 3 is 2.58 bits per heavy atom. The predicted molar refractivity (Wildman–Crippen MR) is 167 cm³/mol. The van der Waals surface area contributed by atoms with Crippen LogP contribution in [-0.2, 0) is 11.2 Å². The molecule has 1 aliphatic carbocycles. The first-order valence-corrected chi connectivity index (χ1v) is 14.7. The number of hydrogen-bond donors (Lipinski definition) is 2. The Balaban J connectivity index is 1.12. The van der Waals surface area contributed by atoms with Crippen LogP contribution in [0.3, 0.4) is 0 Å². The molecule has 1 saturated heterocycles. The van der Waals surface area contributed by atoms with Crippen molar-refractivity contribution in [2.75, 3.05) is 18.8 Å². The zero-order valence-electron chi connectivity index (χ0n) is 23.8. The summed E-state index contributed by atoms with van der Waals surface area (Å²) in [4.78, 5) is 24.3. The highest BCUT2D eigenvalue weighted by molar-refractivity contribution is 5.98. The number of para-hydroxylation sites is 1. The highest BCUT2D eigenvalue weighted by atomic mass is 16.5. The summed E-state index contributed by atoms with van der Waals surface area (Å²) in [5.74, 6) is 1.82. The molecule has 0 bridgehead atoms. The van der Waals surface area contributed by atoms with Crippen molar-refractivity contribution in [1.29, 1.82) is 0 Å². The van der Waals surface area contributed by atoms with Crippen molar-refractivity contribution in [3.05, 3.63) is 102 Å². The van der Waals surface area contributed by atoms with Gasteiger partial charge in [0.05, 0.1) is 17.5 Å². The Morgan fingerprint density at radius 2 is 1.74 bits per heavy atom. The van der Waals surface area contributed by atoms with Crippen LogP contribution in [0.4, 0.5) is 5.82 Å². The molecule has 0 unspecified atom stereocenters. The third-order valence-corrected chi connectivity index (χ3v) is 8.37. The number of likely N-dealkylation sites (tertiary alicyclic amines) is 1. The molecule has 3 aromatic carbocycles. The van der Waals surface area contributed by atoms with E-state index in [0.29, 0.717) is 42.1 Å². The summed E-state index contributed by atoms with van der Waals surface area (Å²) in [5.41, 5.74) is 18.8. The number of hydrogen-bond acceptors (Lipinski definition) is 7. The number of carbonyl (C=O) groups excluding carboxylic acids is 1. The summed E-state index contributed by atoms with van der Waals surface area (Å²) in [6.07, 6.45) is 6.78. The first-order valence-electron chi connectivity index (χ1n) is 14.7. The van der Waals surface area contributed by atoms with E-state index < -0.39 is 6.04 Å². The molecule has 4 N–H and O–H groups in total. The van der Waals surface area contributed by atoms with Gasteiger partial charge in [-0.05, 0) is 78.8 Å². The number of nitrogen functional groups attached to an aromatic ring is 1. The van der Waals surface area contributed by atoms with Gasteiger partial charge < -0.3 is 21.1 Å². The summed E-state index contributed by atoms with van der Waals surface area (Å²) in [6.45, 7) is 1.18. The summed E-state index contributed by atoms with van der Waals surface area (Å²) in [7, 11) is 0. The van der Waals surface area contributed by atoms with Gasteiger partial charge in [0.25, 0.3) is 0 Å². The fourth-order valence-electron chi connectivity index (χ4n) is 6.22. The lowest BCUT2D eigenvalue weighted by molar-refractivity contribution is -0.134. The van der Waals surface area contributed by atoms with E-state index in [1.165, 1.54) is 17.5 Å². The van der Waals surface area contributed by atoms with Crippen LogP contribution in [0.15, 0.2) is 91.3 Å². The Hall–Kier alpha value is -5.02. The van der Waals surface area contributed by atoms with Crippen LogP contribution in [0, 0.1) is 0 Å². The molecule has 0 radical (unpaired) electrons. The van der Waals surface area contributed by atoms with Crippen molar-refractivity contribution >= 4 is 28.3 Å². The number of anilines is 1. The maximum Gasteiger partial charge on any atom is 0.239 e. The molecule has 5 aromatic rings. The first kappa shape index (κ1) is 26.9. The van der Waals surface area contributed by atoms with Crippen molar-refractivity contribution in [1.82, 2.24) is 24.6 Å². The molecule has 0 saturated carbocycles. The van der Waals surface area contributed by atoms with Crippen molar-refractivity contribution in [3.8, 4) is 22.8 Å². The molecule has 9 nitrogen and oxygen atoms in total. The standard InChI is InChI=1S/C34H33N7O2/c35-29(19-24-13-12-22-7-4-5-11-28(22)24)34(42)40-18-6-8-25(20-40)41-33-30(32(36)37-21-38-33)31(39-41)23-14-16-27(17-15-23)43-26-9-2-1-3-10-26/h1-5,7,9-11,13-17,21,25,29H,6,8,12,18-20,35H2,(H2,36,37,38)/t25-,29+/m1/s1. The van der Waals surface area contributed by atoms with Gasteiger partial charge in [-0.15, -0.1) is 0 Å². The van der Waals surface area contributed by atoms with Crippen LogP contribution in [0.2, 0.25) is 0 Å². The molecule has 1 fully saturated rings. The number of carbonyl (C=O) groups is 1. The van der Waals surface area contributed by atoms with Crippen LogP contribution in [0.25, 0.3) is 27.9 Å². The number of allylic oxidation sites excluding steroid dienone is 1. The predicted octanol–water partition coefficient (Wildman–Crippen LogP) is 5.39. The van der Waals surface area contributed by atoms with E-state index in [1.54, 1.807) is 0 Å². The van der Waals surface area contributed by atoms with E-state index >= 15 is 0 Å². The maximum absolute atomic E-state index is 13.6. The number of benzene rings is 3. The smallest absolute Gasteiger partial charge is 0.239 e. The molecular formula is C34H33N7O2. The molecule has 43 heavy (non-hydrogen) atoms. The van der Waals surface area contributed by atoms with Gasteiger partial charge in [0.15, 0.2) is 5.65 Å². The first-order chi connectivity index (χ1) is 21.0. The van der Waals surface area contributed by atoms with Gasteiger partial charge in [-0.1, -0.05) is 48.5 Å². The molecule has 1 amide bonds. The minimum atomic E-state index is -0.601. The molecule has 0 spiro atoms. The fraction of sp³-hybridized carbons (Fsp3) is 0.235. The molecular weight excluding hydrogens is 538 g/mol. The van der Waals surface area contributed by atoms with Gasteiger partial charge in [0.2, 0.25) is 5.91 Å². The van der Waals surface area contributed by atoms with Gasteiger partial charge in [-0.2, -0.15) is 5.10 Å². The highest BCUT2D eigenvalue weighted by Gasteiger charge is 2.31. The number of piperidine rings is 1. The molecule has 9 heteroatoms. The Morgan fingerprint density at radius 1 is 0.977 bits per heavy atom. The summed E-state index contributed by atoms with van der Waals surface area (Å²) < 4.78 is 7.88. The number of nitrogens with zero attached hydrogens (tertiary/aromatic N) is 5. The highest BCUT2D eigenvalue weighted by Crippen LogP contribution is 2.35. The summed E-state index contributed by atoms with van der Waals surface area (Å²) in [5, 5.41) is 5.72. The molecule has 7 rings (SSSR count). The van der Waals surface area contributed by atoms with Crippen LogP contribution in [-0.4, -0.2) is 49.7 Å². The second-order valence-corrected chi connectivity index (χ2v) is 11.2. The molecule has 1 aliphatic heterocycles. The Labute approximate surface area is 249 Å². The van der Waals surface area contributed by atoms with E-state index in [9.17, 15) is 4.79 Å². The second kappa shape index (κ2) is 11.3.